The predicted octanol–water partition coefficient (Wildman–Crippen LogP) is 2.72. The minimum absolute atomic E-state index is 0.106. The number of nitrogens with two attached hydrogens (primary N) is 1. The van der Waals surface area contributed by atoms with Crippen molar-refractivity contribution in [2.24, 2.45) is 10.8 Å². The Hall–Kier alpha value is -4.86. The van der Waals surface area contributed by atoms with Crippen molar-refractivity contribution in [2.75, 3.05) is 6.61 Å². The molecule has 0 aliphatic carbocycles. The molecule has 10 nitrogen and oxygen atoms in total. The number of nitro benzene ring substituents is 1. The van der Waals surface area contributed by atoms with E-state index in [-0.39, 0.29) is 17.0 Å². The number of carbonyl (C=O) groups is 1. The van der Waals surface area contributed by atoms with Crippen molar-refractivity contribution < 1.29 is 14.5 Å². The molecule has 0 spiro atoms. The highest BCUT2D eigenvalue weighted by atomic mass is 16.6. The second-order valence-electron chi connectivity index (χ2n) is 6.92. The maximum absolute atomic E-state index is 13.2. The third-order valence-electron chi connectivity index (χ3n) is 4.66. The number of aromatic nitrogens is 2. The first-order valence-corrected chi connectivity index (χ1v) is 9.75. The lowest BCUT2D eigenvalue weighted by atomic mass is 10.2. The summed E-state index contributed by atoms with van der Waals surface area (Å²) in [5.74, 6) is -0.538. The number of nitrogens with zero attached hydrogens (tertiary/aromatic N) is 4. The van der Waals surface area contributed by atoms with Crippen LogP contribution in [0, 0.1) is 10.1 Å². The van der Waals surface area contributed by atoms with Crippen LogP contribution in [-0.2, 0) is 4.79 Å². The number of benzene rings is 3. The lowest BCUT2D eigenvalue weighted by molar-refractivity contribution is -0.385. The second kappa shape index (κ2) is 9.10. The van der Waals surface area contributed by atoms with Crippen LogP contribution < -0.4 is 16.0 Å². The topological polar surface area (TPSA) is 143 Å². The van der Waals surface area contributed by atoms with E-state index in [1.165, 1.54) is 24.4 Å². The monoisotopic (exact) mass is 443 g/mol. The minimum atomic E-state index is -0.758. The third-order valence-corrected chi connectivity index (χ3v) is 4.66. The molecule has 1 heterocycles. The van der Waals surface area contributed by atoms with Gasteiger partial charge in [0.2, 0.25) is 0 Å². The smallest absolute Gasteiger partial charge is 0.311 e. The van der Waals surface area contributed by atoms with E-state index in [0.717, 1.165) is 4.68 Å². The van der Waals surface area contributed by atoms with Crippen molar-refractivity contribution >= 4 is 28.7 Å². The summed E-state index contributed by atoms with van der Waals surface area (Å²) in [6.45, 7) is -0.493. The second-order valence-corrected chi connectivity index (χ2v) is 6.92. The number of carbonyl (C=O) groups excluding carboxylic acids is 1. The summed E-state index contributed by atoms with van der Waals surface area (Å²) in [5.41, 5.74) is 5.83. The maximum atomic E-state index is 13.2. The average Bonchev–Trinajstić information content (AvgIpc) is 2.82. The van der Waals surface area contributed by atoms with E-state index < -0.39 is 17.4 Å². The maximum Gasteiger partial charge on any atom is 0.311 e. The highest BCUT2D eigenvalue weighted by molar-refractivity contribution is 5.83. The first-order chi connectivity index (χ1) is 15.9. The van der Waals surface area contributed by atoms with Gasteiger partial charge in [-0.05, 0) is 24.3 Å². The van der Waals surface area contributed by atoms with Gasteiger partial charge in [0.25, 0.3) is 11.5 Å². The Morgan fingerprint density at radius 1 is 1.12 bits per heavy atom. The fourth-order valence-electron chi connectivity index (χ4n) is 3.16. The predicted molar refractivity (Wildman–Crippen MR) is 122 cm³/mol. The van der Waals surface area contributed by atoms with E-state index >= 15 is 0 Å². The molecule has 0 atom stereocenters. The van der Waals surface area contributed by atoms with Crippen molar-refractivity contribution in [3.8, 4) is 17.1 Å². The van der Waals surface area contributed by atoms with Crippen molar-refractivity contribution in [3.63, 3.8) is 0 Å². The first kappa shape index (κ1) is 21.4. The zero-order valence-electron chi connectivity index (χ0n) is 17.1. The van der Waals surface area contributed by atoms with E-state index in [4.69, 9.17) is 10.5 Å². The summed E-state index contributed by atoms with van der Waals surface area (Å²) < 4.78 is 6.25. The van der Waals surface area contributed by atoms with Gasteiger partial charge in [-0.15, -0.1) is 0 Å². The van der Waals surface area contributed by atoms with Crippen molar-refractivity contribution in [1.82, 2.24) is 9.66 Å². The van der Waals surface area contributed by atoms with Crippen LogP contribution in [-0.4, -0.2) is 33.3 Å². The molecular formula is C23H17N5O5. The number of rotatable bonds is 7. The summed E-state index contributed by atoms with van der Waals surface area (Å²) in [7, 11) is 0. The summed E-state index contributed by atoms with van der Waals surface area (Å²) in [5, 5.41) is 16.1. The number of fused-ring (bicyclic) bond motifs is 1. The number of amides is 1. The quantitative estimate of drug-likeness (QED) is 0.264. The Morgan fingerprint density at radius 3 is 2.58 bits per heavy atom. The molecule has 4 rings (SSSR count). The largest absolute Gasteiger partial charge is 0.477 e. The molecule has 0 fully saturated rings. The molecular weight excluding hydrogens is 426 g/mol. The van der Waals surface area contributed by atoms with Gasteiger partial charge in [-0.2, -0.15) is 9.78 Å². The van der Waals surface area contributed by atoms with Gasteiger partial charge in [0.05, 0.1) is 22.0 Å². The number of ether oxygens (including phenoxy) is 1. The Balaban J connectivity index is 1.80. The summed E-state index contributed by atoms with van der Waals surface area (Å²) in [4.78, 5) is 39.5. The van der Waals surface area contributed by atoms with Gasteiger partial charge in [-0.3, -0.25) is 19.7 Å². The number of para-hydroxylation sites is 1. The average molecular weight is 443 g/mol. The van der Waals surface area contributed by atoms with E-state index in [1.54, 1.807) is 36.4 Å². The number of hydrogen-bond acceptors (Lipinski definition) is 7. The van der Waals surface area contributed by atoms with Crippen LogP contribution in [0.25, 0.3) is 22.3 Å². The molecule has 0 aliphatic rings. The molecule has 0 bridgehead atoms. The van der Waals surface area contributed by atoms with Crippen molar-refractivity contribution in [2.45, 2.75) is 0 Å². The van der Waals surface area contributed by atoms with Gasteiger partial charge in [-0.1, -0.05) is 42.5 Å². The molecule has 0 saturated carbocycles. The summed E-state index contributed by atoms with van der Waals surface area (Å²) in [6, 6.07) is 20.1. The molecule has 10 heteroatoms. The first-order valence-electron chi connectivity index (χ1n) is 9.75. The molecule has 0 aliphatic heterocycles. The van der Waals surface area contributed by atoms with E-state index in [2.05, 4.69) is 10.1 Å². The molecule has 1 amide bonds. The van der Waals surface area contributed by atoms with Crippen LogP contribution in [0.2, 0.25) is 0 Å². The van der Waals surface area contributed by atoms with Gasteiger partial charge < -0.3 is 10.5 Å². The molecule has 3 aromatic carbocycles. The fraction of sp³-hybridized carbons (Fsp3) is 0.0435. The normalized spacial score (nSPS) is 11.0. The Bertz CT molecular complexity index is 1450. The summed E-state index contributed by atoms with van der Waals surface area (Å²) >= 11 is 0. The van der Waals surface area contributed by atoms with E-state index in [1.807, 2.05) is 18.2 Å². The van der Waals surface area contributed by atoms with Crippen LogP contribution in [0.4, 0.5) is 5.69 Å². The molecule has 0 unspecified atom stereocenters. The lowest BCUT2D eigenvalue weighted by Crippen LogP contribution is -2.20. The Kier molecular flexibility index (Phi) is 5.90. The standard InChI is InChI=1S/C23H17N5O5/c24-21(29)14-33-20-11-10-15(12-19(20)28(31)32)13-25-27-22(16-6-2-1-3-7-16)26-18-9-5-4-8-17(18)23(27)30/h1-13H,14H2,(H2,24,29). The van der Waals surface area contributed by atoms with E-state index in [9.17, 15) is 19.7 Å². The van der Waals surface area contributed by atoms with Gasteiger partial charge in [-0.25, -0.2) is 4.98 Å². The molecule has 0 radical (unpaired) electrons. The zero-order valence-corrected chi connectivity index (χ0v) is 17.1. The Morgan fingerprint density at radius 2 is 1.85 bits per heavy atom. The van der Waals surface area contributed by atoms with Gasteiger partial charge in [0.1, 0.15) is 0 Å². The van der Waals surface area contributed by atoms with Crippen molar-refractivity contribution in [1.29, 1.82) is 0 Å². The molecule has 164 valence electrons. The zero-order chi connectivity index (χ0) is 23.4. The fourth-order valence-corrected chi connectivity index (χ4v) is 3.16. The van der Waals surface area contributed by atoms with Crippen molar-refractivity contribution in [3.05, 3.63) is 98.8 Å². The molecule has 33 heavy (non-hydrogen) atoms. The Labute approximate surface area is 186 Å². The van der Waals surface area contributed by atoms with E-state index in [0.29, 0.717) is 27.9 Å². The highest BCUT2D eigenvalue weighted by Gasteiger charge is 2.17. The molecule has 4 aromatic rings. The molecule has 2 N–H and O–H groups in total. The minimum Gasteiger partial charge on any atom is -0.477 e. The molecule has 0 saturated heterocycles. The number of primary amides is 1. The highest BCUT2D eigenvalue weighted by Crippen LogP contribution is 2.27. The van der Waals surface area contributed by atoms with Crippen LogP contribution in [0.3, 0.4) is 0 Å². The van der Waals surface area contributed by atoms with Crippen LogP contribution >= 0.6 is 0 Å². The van der Waals surface area contributed by atoms with Gasteiger partial charge >= 0.3 is 5.69 Å². The van der Waals surface area contributed by atoms with Gasteiger partial charge in [0.15, 0.2) is 18.2 Å². The van der Waals surface area contributed by atoms with Crippen LogP contribution in [0.5, 0.6) is 5.75 Å². The van der Waals surface area contributed by atoms with Crippen LogP contribution in [0.15, 0.2) is 82.7 Å². The molecule has 1 aromatic heterocycles. The summed E-state index contributed by atoms with van der Waals surface area (Å²) in [6.07, 6.45) is 1.31. The number of hydrogen-bond donors (Lipinski definition) is 1. The van der Waals surface area contributed by atoms with Crippen LogP contribution in [0.1, 0.15) is 5.56 Å². The SMILES string of the molecule is NC(=O)COc1ccc(C=Nn2c(-c3ccccc3)nc3ccccc3c2=O)cc1[N+](=O)[O-]. The third kappa shape index (κ3) is 4.59. The number of nitro groups is 1. The lowest BCUT2D eigenvalue weighted by Gasteiger charge is -2.09. The van der Waals surface area contributed by atoms with Gasteiger partial charge in [0, 0.05) is 17.2 Å².